The second kappa shape index (κ2) is 8.23. The summed E-state index contributed by atoms with van der Waals surface area (Å²) in [5.41, 5.74) is 4.69. The summed E-state index contributed by atoms with van der Waals surface area (Å²) in [6, 6.07) is 11.0. The van der Waals surface area contributed by atoms with Crippen LogP contribution in [0.3, 0.4) is 0 Å². The van der Waals surface area contributed by atoms with Crippen LogP contribution in [0.2, 0.25) is 0 Å². The van der Waals surface area contributed by atoms with Crippen molar-refractivity contribution in [2.45, 2.75) is 52.8 Å². The quantitative estimate of drug-likeness (QED) is 0.623. The largest absolute Gasteiger partial charge is 0.490 e. The number of nitriles is 1. The average Bonchev–Trinajstić information content (AvgIpc) is 3.32. The fraction of sp³-hybridized carbons (Fsp3) is 0.333. The first-order valence-electron chi connectivity index (χ1n) is 10.4. The molecule has 0 saturated carbocycles. The molecule has 1 amide bonds. The second-order valence-corrected chi connectivity index (χ2v) is 8.29. The molecular weight excluding hydrogens is 390 g/mol. The van der Waals surface area contributed by atoms with E-state index < -0.39 is 0 Å². The Morgan fingerprint density at radius 2 is 1.97 bits per heavy atom. The zero-order chi connectivity index (χ0) is 22.1. The highest BCUT2D eigenvalue weighted by Gasteiger charge is 2.29. The molecule has 0 spiro atoms. The van der Waals surface area contributed by atoms with Crippen molar-refractivity contribution in [3.63, 3.8) is 0 Å². The van der Waals surface area contributed by atoms with Crippen molar-refractivity contribution in [1.82, 2.24) is 19.7 Å². The van der Waals surface area contributed by atoms with Gasteiger partial charge in [0.15, 0.2) is 0 Å². The van der Waals surface area contributed by atoms with E-state index >= 15 is 0 Å². The van der Waals surface area contributed by atoms with Crippen LogP contribution in [-0.2, 0) is 13.1 Å². The van der Waals surface area contributed by atoms with Gasteiger partial charge in [0.1, 0.15) is 5.75 Å². The van der Waals surface area contributed by atoms with E-state index in [1.165, 1.54) is 0 Å². The number of pyridine rings is 1. The third-order valence-corrected chi connectivity index (χ3v) is 5.19. The van der Waals surface area contributed by atoms with E-state index in [1.54, 1.807) is 29.3 Å². The summed E-state index contributed by atoms with van der Waals surface area (Å²) >= 11 is 0. The fourth-order valence-corrected chi connectivity index (χ4v) is 3.62. The van der Waals surface area contributed by atoms with Crippen LogP contribution in [0, 0.1) is 11.3 Å². The molecule has 0 unspecified atom stereocenters. The molecule has 0 fully saturated rings. The maximum atomic E-state index is 13.3. The summed E-state index contributed by atoms with van der Waals surface area (Å²) in [7, 11) is 0. The van der Waals surface area contributed by atoms with Gasteiger partial charge in [0, 0.05) is 30.2 Å². The van der Waals surface area contributed by atoms with Crippen LogP contribution in [0.1, 0.15) is 66.5 Å². The molecule has 7 nitrogen and oxygen atoms in total. The van der Waals surface area contributed by atoms with Crippen LogP contribution in [0.15, 0.2) is 42.7 Å². The van der Waals surface area contributed by atoms with Gasteiger partial charge in [0.2, 0.25) is 0 Å². The number of ether oxygens (including phenoxy) is 1. The summed E-state index contributed by atoms with van der Waals surface area (Å²) in [5, 5.41) is 14.0. The monoisotopic (exact) mass is 415 g/mol. The number of hydrogen-bond acceptors (Lipinski definition) is 5. The zero-order valence-corrected chi connectivity index (χ0v) is 18.2. The Balaban J connectivity index is 1.57. The van der Waals surface area contributed by atoms with Crippen LogP contribution in [-0.4, -0.2) is 31.7 Å². The van der Waals surface area contributed by atoms with Gasteiger partial charge in [0.05, 0.1) is 41.2 Å². The molecule has 4 rings (SSSR count). The Hall–Kier alpha value is -3.66. The number of nitrogens with zero attached hydrogens (tertiary/aromatic N) is 5. The highest BCUT2D eigenvalue weighted by atomic mass is 16.5. The van der Waals surface area contributed by atoms with E-state index in [-0.39, 0.29) is 12.0 Å². The van der Waals surface area contributed by atoms with Crippen LogP contribution >= 0.6 is 0 Å². The first-order chi connectivity index (χ1) is 14.9. The van der Waals surface area contributed by atoms with E-state index in [2.05, 4.69) is 24.9 Å². The number of benzene rings is 1. The van der Waals surface area contributed by atoms with Gasteiger partial charge < -0.3 is 9.64 Å². The van der Waals surface area contributed by atoms with E-state index in [0.717, 1.165) is 22.6 Å². The van der Waals surface area contributed by atoms with E-state index in [1.807, 2.05) is 36.9 Å². The number of aromatic nitrogens is 3. The SMILES string of the molecule is CC(C)Oc1ccc(C#N)cc1C(=O)N1Cc2cn(-c3ccnc(C(C)C)c3)nc2C1. The highest BCUT2D eigenvalue weighted by Crippen LogP contribution is 2.29. The van der Waals surface area contributed by atoms with Crippen LogP contribution in [0.4, 0.5) is 0 Å². The number of fused-ring (bicyclic) bond motifs is 1. The Morgan fingerprint density at radius 3 is 2.65 bits per heavy atom. The molecule has 0 bridgehead atoms. The first kappa shape index (κ1) is 20.6. The molecule has 1 aliphatic heterocycles. The minimum absolute atomic E-state index is 0.0748. The highest BCUT2D eigenvalue weighted by molar-refractivity contribution is 5.97. The lowest BCUT2D eigenvalue weighted by Crippen LogP contribution is -2.27. The standard InChI is InChI=1S/C24H25N5O2/c1-15(2)21-10-19(7-8-26-21)29-13-18-12-28(14-22(18)27-29)24(30)20-9-17(11-25)5-6-23(20)31-16(3)4/h5-10,13,15-16H,12,14H2,1-4H3. The van der Waals surface area contributed by atoms with E-state index in [4.69, 9.17) is 9.84 Å². The Kier molecular flexibility index (Phi) is 5.47. The molecular formula is C24H25N5O2. The third-order valence-electron chi connectivity index (χ3n) is 5.19. The van der Waals surface area contributed by atoms with Crippen molar-refractivity contribution in [3.05, 3.63) is 70.8 Å². The van der Waals surface area contributed by atoms with Gasteiger partial charge in [-0.2, -0.15) is 10.4 Å². The van der Waals surface area contributed by atoms with E-state index in [9.17, 15) is 10.1 Å². The topological polar surface area (TPSA) is 84.0 Å². The van der Waals surface area contributed by atoms with Gasteiger partial charge in [-0.1, -0.05) is 13.8 Å². The lowest BCUT2D eigenvalue weighted by atomic mass is 10.1. The lowest BCUT2D eigenvalue weighted by Gasteiger charge is -2.19. The minimum atomic E-state index is -0.164. The van der Waals surface area contributed by atoms with Crippen molar-refractivity contribution in [3.8, 4) is 17.5 Å². The molecule has 1 aliphatic rings. The molecule has 158 valence electrons. The number of carbonyl (C=O) groups is 1. The van der Waals surface area contributed by atoms with Crippen molar-refractivity contribution < 1.29 is 9.53 Å². The predicted octanol–water partition coefficient (Wildman–Crippen LogP) is 4.21. The molecule has 0 N–H and O–H groups in total. The van der Waals surface area contributed by atoms with Crippen molar-refractivity contribution in [2.24, 2.45) is 0 Å². The molecule has 31 heavy (non-hydrogen) atoms. The van der Waals surface area contributed by atoms with Gasteiger partial charge in [-0.05, 0) is 50.1 Å². The van der Waals surface area contributed by atoms with Crippen molar-refractivity contribution >= 4 is 5.91 Å². The fourth-order valence-electron chi connectivity index (χ4n) is 3.62. The number of hydrogen-bond donors (Lipinski definition) is 0. The summed E-state index contributed by atoms with van der Waals surface area (Å²) in [4.78, 5) is 19.4. The van der Waals surface area contributed by atoms with Crippen LogP contribution in [0.25, 0.3) is 5.69 Å². The predicted molar refractivity (Wildman–Crippen MR) is 116 cm³/mol. The van der Waals surface area contributed by atoms with Crippen molar-refractivity contribution in [2.75, 3.05) is 0 Å². The Bertz CT molecular complexity index is 1150. The second-order valence-electron chi connectivity index (χ2n) is 8.29. The zero-order valence-electron chi connectivity index (χ0n) is 18.2. The van der Waals surface area contributed by atoms with Gasteiger partial charge in [0.25, 0.3) is 5.91 Å². The van der Waals surface area contributed by atoms with Gasteiger partial charge in [-0.25, -0.2) is 4.68 Å². The van der Waals surface area contributed by atoms with E-state index in [0.29, 0.717) is 35.9 Å². The Labute approximate surface area is 181 Å². The van der Waals surface area contributed by atoms with Crippen LogP contribution in [0.5, 0.6) is 5.75 Å². The first-order valence-corrected chi connectivity index (χ1v) is 10.4. The minimum Gasteiger partial charge on any atom is -0.490 e. The normalized spacial score (nSPS) is 12.9. The molecule has 3 heterocycles. The average molecular weight is 415 g/mol. The number of amides is 1. The van der Waals surface area contributed by atoms with Gasteiger partial charge in [-0.3, -0.25) is 9.78 Å². The summed E-state index contributed by atoms with van der Waals surface area (Å²) < 4.78 is 7.66. The molecule has 1 aromatic carbocycles. The number of carbonyl (C=O) groups excluding carboxylic acids is 1. The molecule has 0 atom stereocenters. The molecule has 0 aliphatic carbocycles. The van der Waals surface area contributed by atoms with Crippen molar-refractivity contribution in [1.29, 1.82) is 5.26 Å². The maximum Gasteiger partial charge on any atom is 0.258 e. The summed E-state index contributed by atoms with van der Waals surface area (Å²) in [5.74, 6) is 0.664. The summed E-state index contributed by atoms with van der Waals surface area (Å²) in [6.45, 7) is 8.92. The molecule has 0 saturated heterocycles. The van der Waals surface area contributed by atoms with Crippen LogP contribution < -0.4 is 4.74 Å². The van der Waals surface area contributed by atoms with Gasteiger partial charge in [-0.15, -0.1) is 0 Å². The molecule has 2 aromatic heterocycles. The van der Waals surface area contributed by atoms with Gasteiger partial charge >= 0.3 is 0 Å². The smallest absolute Gasteiger partial charge is 0.258 e. The Morgan fingerprint density at radius 1 is 1.16 bits per heavy atom. The molecule has 0 radical (unpaired) electrons. The number of rotatable bonds is 5. The third kappa shape index (κ3) is 4.15. The molecule has 7 heteroatoms. The lowest BCUT2D eigenvalue weighted by molar-refractivity contribution is 0.0743. The molecule has 3 aromatic rings. The maximum absolute atomic E-state index is 13.3. The summed E-state index contributed by atoms with van der Waals surface area (Å²) in [6.07, 6.45) is 3.69.